The van der Waals surface area contributed by atoms with Crippen LogP contribution >= 0.6 is 0 Å². The summed E-state index contributed by atoms with van der Waals surface area (Å²) in [7, 11) is 0. The lowest BCUT2D eigenvalue weighted by Gasteiger charge is -2.03. The monoisotopic (exact) mass is 211 g/mol. The number of nitrogens with zero attached hydrogens (tertiary/aromatic N) is 1. The smallest absolute Gasteiger partial charge is 0.138 e. The predicted octanol–water partition coefficient (Wildman–Crippen LogP) is 4.10. The normalized spacial score (nSPS) is 11.7. The van der Waals surface area contributed by atoms with Gasteiger partial charge in [-0.25, -0.2) is 0 Å². The van der Waals surface area contributed by atoms with Crippen LogP contribution < -0.4 is 0 Å². The Morgan fingerprint density at radius 2 is 1.94 bits per heavy atom. The average molecular weight is 211 g/mol. The molecule has 3 aromatic rings. The highest BCUT2D eigenvalue weighted by Crippen LogP contribution is 2.30. The molecule has 0 atom stereocenters. The number of hydrogen-bond acceptors (Lipinski definition) is 2. The minimum atomic E-state index is 0.524. The zero-order chi connectivity index (χ0) is 11.1. The summed E-state index contributed by atoms with van der Waals surface area (Å²) in [6.07, 6.45) is 3.62. The number of benzene rings is 1. The molecule has 0 aliphatic heterocycles. The van der Waals surface area contributed by atoms with Crippen LogP contribution in [0.2, 0.25) is 0 Å². The van der Waals surface area contributed by atoms with Crippen molar-refractivity contribution in [2.75, 3.05) is 0 Å². The van der Waals surface area contributed by atoms with Crippen LogP contribution in [0.15, 0.2) is 41.1 Å². The summed E-state index contributed by atoms with van der Waals surface area (Å²) in [4.78, 5) is 4.13. The van der Waals surface area contributed by atoms with Crippen molar-refractivity contribution in [2.24, 2.45) is 0 Å². The number of rotatable bonds is 1. The number of fused-ring (bicyclic) bond motifs is 3. The van der Waals surface area contributed by atoms with Gasteiger partial charge in [0.25, 0.3) is 0 Å². The molecule has 16 heavy (non-hydrogen) atoms. The largest absolute Gasteiger partial charge is 0.456 e. The van der Waals surface area contributed by atoms with Gasteiger partial charge in [-0.3, -0.25) is 4.98 Å². The van der Waals surface area contributed by atoms with Crippen molar-refractivity contribution in [3.63, 3.8) is 0 Å². The van der Waals surface area contributed by atoms with Gasteiger partial charge in [0.1, 0.15) is 11.2 Å². The molecule has 2 heteroatoms. The van der Waals surface area contributed by atoms with E-state index in [-0.39, 0.29) is 0 Å². The van der Waals surface area contributed by atoms with E-state index in [1.807, 2.05) is 12.3 Å². The van der Waals surface area contributed by atoms with Gasteiger partial charge < -0.3 is 4.42 Å². The molecule has 2 heterocycles. The van der Waals surface area contributed by atoms with Crippen LogP contribution in [0.5, 0.6) is 0 Å². The highest BCUT2D eigenvalue weighted by molar-refractivity contribution is 6.04. The molecule has 0 aliphatic rings. The Kier molecular flexibility index (Phi) is 1.96. The quantitative estimate of drug-likeness (QED) is 0.605. The molecule has 0 N–H and O–H groups in total. The van der Waals surface area contributed by atoms with Crippen molar-refractivity contribution in [3.05, 3.63) is 42.2 Å². The molecule has 0 bridgehead atoms. The van der Waals surface area contributed by atoms with E-state index in [1.54, 1.807) is 6.20 Å². The first-order valence-corrected chi connectivity index (χ1v) is 5.52. The molecular weight excluding hydrogens is 198 g/mol. The Morgan fingerprint density at radius 3 is 2.75 bits per heavy atom. The lowest BCUT2D eigenvalue weighted by atomic mass is 10.0. The zero-order valence-corrected chi connectivity index (χ0v) is 9.40. The van der Waals surface area contributed by atoms with Gasteiger partial charge in [0, 0.05) is 23.2 Å². The molecule has 0 spiro atoms. The van der Waals surface area contributed by atoms with Gasteiger partial charge in [0.05, 0.1) is 0 Å². The summed E-state index contributed by atoms with van der Waals surface area (Å²) in [5, 5.41) is 2.24. The van der Waals surface area contributed by atoms with Crippen molar-refractivity contribution >= 4 is 21.9 Å². The minimum absolute atomic E-state index is 0.524. The highest BCUT2D eigenvalue weighted by atomic mass is 16.3. The third-order valence-electron chi connectivity index (χ3n) is 2.96. The van der Waals surface area contributed by atoms with Crippen LogP contribution in [-0.4, -0.2) is 4.98 Å². The minimum Gasteiger partial charge on any atom is -0.456 e. The number of furan rings is 1. The molecule has 0 amide bonds. The number of aromatic nitrogens is 1. The van der Waals surface area contributed by atoms with Gasteiger partial charge >= 0.3 is 0 Å². The molecule has 0 saturated carbocycles. The Morgan fingerprint density at radius 1 is 1.06 bits per heavy atom. The maximum absolute atomic E-state index is 5.80. The second-order valence-corrected chi connectivity index (χ2v) is 4.38. The van der Waals surface area contributed by atoms with E-state index in [0.29, 0.717) is 5.92 Å². The number of hydrogen-bond donors (Lipinski definition) is 0. The van der Waals surface area contributed by atoms with Crippen LogP contribution in [0.4, 0.5) is 0 Å². The van der Waals surface area contributed by atoms with Crippen molar-refractivity contribution in [2.45, 2.75) is 19.8 Å². The molecule has 2 nitrogen and oxygen atoms in total. The summed E-state index contributed by atoms with van der Waals surface area (Å²) in [6, 6.07) is 8.32. The van der Waals surface area contributed by atoms with Crippen LogP contribution in [0, 0.1) is 0 Å². The molecule has 0 aliphatic carbocycles. The molecular formula is C14H13NO. The van der Waals surface area contributed by atoms with Crippen LogP contribution in [0.25, 0.3) is 21.9 Å². The molecule has 0 saturated heterocycles. The van der Waals surface area contributed by atoms with Crippen molar-refractivity contribution < 1.29 is 4.42 Å². The van der Waals surface area contributed by atoms with Gasteiger partial charge in [-0.2, -0.15) is 0 Å². The fraction of sp³-hybridized carbons (Fsp3) is 0.214. The lowest BCUT2D eigenvalue weighted by molar-refractivity contribution is 0.667. The Hall–Kier alpha value is -1.83. The zero-order valence-electron chi connectivity index (χ0n) is 9.40. The molecule has 3 rings (SSSR count). The van der Waals surface area contributed by atoms with E-state index < -0.39 is 0 Å². The van der Waals surface area contributed by atoms with Gasteiger partial charge in [-0.1, -0.05) is 26.0 Å². The first kappa shape index (κ1) is 9.40. The van der Waals surface area contributed by atoms with Crippen LogP contribution in [0.1, 0.15) is 25.3 Å². The van der Waals surface area contributed by atoms with Gasteiger partial charge in [-0.05, 0) is 23.6 Å². The third kappa shape index (κ3) is 1.30. The first-order valence-electron chi connectivity index (χ1n) is 5.52. The highest BCUT2D eigenvalue weighted by Gasteiger charge is 2.08. The fourth-order valence-corrected chi connectivity index (χ4v) is 2.00. The first-order chi connectivity index (χ1) is 7.75. The molecule has 0 unspecified atom stereocenters. The van der Waals surface area contributed by atoms with Crippen LogP contribution in [0.3, 0.4) is 0 Å². The summed E-state index contributed by atoms with van der Waals surface area (Å²) >= 11 is 0. The Balaban J connectivity index is 2.37. The lowest BCUT2D eigenvalue weighted by Crippen LogP contribution is -1.85. The predicted molar refractivity (Wildman–Crippen MR) is 65.6 cm³/mol. The van der Waals surface area contributed by atoms with Crippen molar-refractivity contribution in [3.8, 4) is 0 Å². The Labute approximate surface area is 93.9 Å². The van der Waals surface area contributed by atoms with Crippen molar-refractivity contribution in [1.29, 1.82) is 0 Å². The van der Waals surface area contributed by atoms with Gasteiger partial charge in [0.2, 0.25) is 0 Å². The maximum atomic E-state index is 5.80. The van der Waals surface area contributed by atoms with E-state index in [0.717, 1.165) is 21.9 Å². The molecule has 80 valence electrons. The number of pyridine rings is 1. The third-order valence-corrected chi connectivity index (χ3v) is 2.96. The van der Waals surface area contributed by atoms with Gasteiger partial charge in [-0.15, -0.1) is 0 Å². The summed E-state index contributed by atoms with van der Waals surface area (Å²) in [5.74, 6) is 0.524. The van der Waals surface area contributed by atoms with E-state index >= 15 is 0 Å². The summed E-state index contributed by atoms with van der Waals surface area (Å²) in [6.45, 7) is 4.37. The van der Waals surface area contributed by atoms with Gasteiger partial charge in [0.15, 0.2) is 0 Å². The SMILES string of the molecule is CC(C)c1ccc2c(c1)oc1ccncc12. The van der Waals surface area contributed by atoms with E-state index in [1.165, 1.54) is 5.56 Å². The Bertz CT molecular complexity index is 652. The topological polar surface area (TPSA) is 26.0 Å². The summed E-state index contributed by atoms with van der Waals surface area (Å²) in [5.41, 5.74) is 3.17. The van der Waals surface area contributed by atoms with E-state index in [2.05, 4.69) is 37.0 Å². The molecule has 0 radical (unpaired) electrons. The maximum Gasteiger partial charge on any atom is 0.138 e. The van der Waals surface area contributed by atoms with E-state index in [9.17, 15) is 0 Å². The second-order valence-electron chi connectivity index (χ2n) is 4.38. The van der Waals surface area contributed by atoms with Crippen LogP contribution in [-0.2, 0) is 0 Å². The second kappa shape index (κ2) is 3.34. The standard InChI is InChI=1S/C14H13NO/c1-9(2)10-3-4-11-12-8-15-6-5-13(12)16-14(11)7-10/h3-9H,1-2H3. The van der Waals surface area contributed by atoms with E-state index in [4.69, 9.17) is 4.42 Å². The molecule has 2 aromatic heterocycles. The molecule has 1 aromatic carbocycles. The fourth-order valence-electron chi connectivity index (χ4n) is 2.00. The van der Waals surface area contributed by atoms with Crippen molar-refractivity contribution in [1.82, 2.24) is 4.98 Å². The molecule has 0 fully saturated rings. The summed E-state index contributed by atoms with van der Waals surface area (Å²) < 4.78 is 5.80. The average Bonchev–Trinajstić information content (AvgIpc) is 2.66.